The van der Waals surface area contributed by atoms with Crippen LogP contribution in [-0.4, -0.2) is 9.38 Å². The maximum atomic E-state index is 4.74. The third-order valence-corrected chi connectivity index (χ3v) is 4.83. The molecule has 22 heavy (non-hydrogen) atoms. The van der Waals surface area contributed by atoms with Crippen LogP contribution in [0.2, 0.25) is 0 Å². The highest BCUT2D eigenvalue weighted by Gasteiger charge is 2.17. The first-order chi connectivity index (χ1) is 10.6. The lowest BCUT2D eigenvalue weighted by atomic mass is 9.99. The molecule has 0 aliphatic carbocycles. The Morgan fingerprint density at radius 1 is 0.864 bits per heavy atom. The molecule has 2 nitrogen and oxygen atoms in total. The molecule has 0 amide bonds. The zero-order chi connectivity index (χ0) is 15.0. The first-order valence-corrected chi connectivity index (χ1v) is 7.66. The van der Waals surface area contributed by atoms with Crippen molar-refractivity contribution in [1.29, 1.82) is 0 Å². The number of aromatic nitrogens is 2. The summed E-state index contributed by atoms with van der Waals surface area (Å²) in [5, 5.41) is 5.12. The van der Waals surface area contributed by atoms with Crippen molar-refractivity contribution in [1.82, 2.24) is 9.38 Å². The molecule has 3 aromatic heterocycles. The van der Waals surface area contributed by atoms with E-state index >= 15 is 0 Å². The largest absolute Gasteiger partial charge is 0.315 e. The lowest BCUT2D eigenvalue weighted by molar-refractivity contribution is 1.24. The third kappa shape index (κ3) is 1.28. The quantitative estimate of drug-likeness (QED) is 0.284. The van der Waals surface area contributed by atoms with Crippen LogP contribution < -0.4 is 0 Å². The van der Waals surface area contributed by atoms with Crippen LogP contribution >= 0.6 is 0 Å². The molecule has 0 radical (unpaired) electrons. The van der Waals surface area contributed by atoms with Crippen molar-refractivity contribution in [2.75, 3.05) is 0 Å². The minimum Gasteiger partial charge on any atom is -0.315 e. The molecule has 0 bridgehead atoms. The molecule has 5 rings (SSSR count). The van der Waals surface area contributed by atoms with Gasteiger partial charge in [0.1, 0.15) is 0 Å². The van der Waals surface area contributed by atoms with Gasteiger partial charge in [0.25, 0.3) is 0 Å². The van der Waals surface area contributed by atoms with Crippen LogP contribution in [0.1, 0.15) is 16.7 Å². The van der Waals surface area contributed by atoms with Gasteiger partial charge in [0.2, 0.25) is 0 Å². The van der Waals surface area contributed by atoms with Crippen LogP contribution in [0.25, 0.3) is 38.1 Å². The minimum atomic E-state index is 1.12. The first-order valence-electron chi connectivity index (χ1n) is 7.66. The second-order valence-electron chi connectivity index (χ2n) is 6.38. The van der Waals surface area contributed by atoms with Gasteiger partial charge in [-0.05, 0) is 49.4 Å². The normalized spacial score (nSPS) is 12.3. The van der Waals surface area contributed by atoms with E-state index in [1.807, 2.05) is 6.20 Å². The third-order valence-electron chi connectivity index (χ3n) is 4.83. The Morgan fingerprint density at radius 2 is 1.73 bits per heavy atom. The van der Waals surface area contributed by atoms with Crippen LogP contribution in [-0.2, 0) is 0 Å². The maximum Gasteiger partial charge on any atom is 0.0822 e. The molecule has 0 spiro atoms. The Kier molecular flexibility index (Phi) is 2.06. The van der Waals surface area contributed by atoms with Crippen LogP contribution in [0.3, 0.4) is 0 Å². The highest BCUT2D eigenvalue weighted by molar-refractivity contribution is 6.22. The molecule has 0 N–H and O–H groups in total. The maximum absolute atomic E-state index is 4.74. The topological polar surface area (TPSA) is 17.3 Å². The number of rotatable bonds is 0. The molecule has 0 aliphatic rings. The van der Waals surface area contributed by atoms with E-state index in [4.69, 9.17) is 4.98 Å². The van der Waals surface area contributed by atoms with Gasteiger partial charge >= 0.3 is 0 Å². The van der Waals surface area contributed by atoms with E-state index in [-0.39, 0.29) is 0 Å². The molecule has 2 heteroatoms. The Morgan fingerprint density at radius 3 is 2.59 bits per heavy atom. The van der Waals surface area contributed by atoms with Gasteiger partial charge in [-0.25, -0.2) is 0 Å². The summed E-state index contributed by atoms with van der Waals surface area (Å²) in [6, 6.07) is 11.1. The average Bonchev–Trinajstić information content (AvgIpc) is 2.83. The van der Waals surface area contributed by atoms with Gasteiger partial charge in [-0.3, -0.25) is 4.98 Å². The Labute approximate surface area is 128 Å². The summed E-state index contributed by atoms with van der Waals surface area (Å²) in [5.74, 6) is 0. The number of hydrogen-bond acceptors (Lipinski definition) is 1. The fourth-order valence-corrected chi connectivity index (χ4v) is 3.99. The molecule has 106 valence electrons. The zero-order valence-electron chi connectivity index (χ0n) is 12.9. The predicted molar refractivity (Wildman–Crippen MR) is 93.1 cm³/mol. The number of benzene rings is 2. The molecule has 3 heterocycles. The van der Waals surface area contributed by atoms with E-state index in [1.165, 1.54) is 49.3 Å². The summed E-state index contributed by atoms with van der Waals surface area (Å²) < 4.78 is 2.37. The number of aryl methyl sites for hydroxylation is 3. The summed E-state index contributed by atoms with van der Waals surface area (Å²) in [4.78, 5) is 4.74. The van der Waals surface area contributed by atoms with Gasteiger partial charge in [0.05, 0.1) is 16.6 Å². The standard InChI is InChI=1S/C20H16N2/c1-11-8-12(2)19-16(9-11)18-17-14(6-7-21-18)4-5-15-13(3)10-22(19)20(15)17/h4-10H,1-3H3. The van der Waals surface area contributed by atoms with E-state index in [9.17, 15) is 0 Å². The van der Waals surface area contributed by atoms with Gasteiger partial charge < -0.3 is 4.40 Å². The van der Waals surface area contributed by atoms with Gasteiger partial charge in [-0.2, -0.15) is 0 Å². The summed E-state index contributed by atoms with van der Waals surface area (Å²) in [5.41, 5.74) is 7.62. The van der Waals surface area contributed by atoms with Gasteiger partial charge in [-0.1, -0.05) is 23.8 Å². The predicted octanol–water partition coefficient (Wildman–Crippen LogP) is 5.16. The molecular weight excluding hydrogens is 268 g/mol. The molecule has 0 fully saturated rings. The van der Waals surface area contributed by atoms with Crippen molar-refractivity contribution in [3.05, 3.63) is 59.4 Å². The second kappa shape index (κ2) is 3.77. The van der Waals surface area contributed by atoms with Crippen molar-refractivity contribution in [3.63, 3.8) is 0 Å². The van der Waals surface area contributed by atoms with E-state index in [2.05, 4.69) is 61.7 Å². The van der Waals surface area contributed by atoms with Crippen molar-refractivity contribution in [2.45, 2.75) is 20.8 Å². The molecule has 0 atom stereocenters. The number of pyridine rings is 2. The fraction of sp³-hybridized carbons (Fsp3) is 0.150. The summed E-state index contributed by atoms with van der Waals surface area (Å²) in [6.45, 7) is 6.54. The second-order valence-corrected chi connectivity index (χ2v) is 6.38. The number of fused-ring (bicyclic) bond motifs is 3. The van der Waals surface area contributed by atoms with Gasteiger partial charge in [-0.15, -0.1) is 0 Å². The fourth-order valence-electron chi connectivity index (χ4n) is 3.99. The number of nitrogens with zero attached hydrogens (tertiary/aromatic N) is 2. The SMILES string of the molecule is Cc1cc(C)c2c(c1)c1nccc3ccc4c(C)cn2c4c31. The van der Waals surface area contributed by atoms with Crippen molar-refractivity contribution in [2.24, 2.45) is 0 Å². The summed E-state index contributed by atoms with van der Waals surface area (Å²) >= 11 is 0. The van der Waals surface area contributed by atoms with Crippen molar-refractivity contribution < 1.29 is 0 Å². The molecule has 5 aromatic rings. The monoisotopic (exact) mass is 284 g/mol. The molecule has 2 aromatic carbocycles. The highest BCUT2D eigenvalue weighted by atomic mass is 14.9. The lowest BCUT2D eigenvalue weighted by Gasteiger charge is -2.14. The molecule has 0 unspecified atom stereocenters. The molecule has 0 saturated carbocycles. The molecule has 0 saturated heterocycles. The van der Waals surface area contributed by atoms with Crippen LogP contribution in [0.15, 0.2) is 42.7 Å². The Hall–Kier alpha value is -2.61. The smallest absolute Gasteiger partial charge is 0.0822 e. The lowest BCUT2D eigenvalue weighted by Crippen LogP contribution is -1.95. The average molecular weight is 284 g/mol. The van der Waals surface area contributed by atoms with Crippen LogP contribution in [0.5, 0.6) is 0 Å². The van der Waals surface area contributed by atoms with Gasteiger partial charge in [0.15, 0.2) is 0 Å². The van der Waals surface area contributed by atoms with Crippen molar-refractivity contribution >= 4 is 38.1 Å². The number of hydrogen-bond donors (Lipinski definition) is 0. The van der Waals surface area contributed by atoms with Crippen LogP contribution in [0.4, 0.5) is 0 Å². The molecule has 0 aliphatic heterocycles. The van der Waals surface area contributed by atoms with E-state index in [0.717, 1.165) is 5.52 Å². The van der Waals surface area contributed by atoms with Crippen molar-refractivity contribution in [3.8, 4) is 0 Å². The van der Waals surface area contributed by atoms with Crippen LogP contribution in [0, 0.1) is 20.8 Å². The van der Waals surface area contributed by atoms with Gasteiger partial charge in [0, 0.05) is 28.6 Å². The molecular formula is C20H16N2. The highest BCUT2D eigenvalue weighted by Crippen LogP contribution is 2.38. The summed E-state index contributed by atoms with van der Waals surface area (Å²) in [6.07, 6.45) is 4.19. The first kappa shape index (κ1) is 12.0. The van der Waals surface area contributed by atoms with E-state index in [0.29, 0.717) is 0 Å². The van der Waals surface area contributed by atoms with E-state index in [1.54, 1.807) is 0 Å². The van der Waals surface area contributed by atoms with E-state index < -0.39 is 0 Å². The Bertz CT molecular complexity index is 1190. The minimum absolute atomic E-state index is 1.12. The Balaban J connectivity index is 2.30. The summed E-state index contributed by atoms with van der Waals surface area (Å²) in [7, 11) is 0. The zero-order valence-corrected chi connectivity index (χ0v) is 12.9.